The summed E-state index contributed by atoms with van der Waals surface area (Å²) in [7, 11) is -1.29. The molecular formula is C10H21ClSi. The van der Waals surface area contributed by atoms with E-state index in [1.807, 2.05) is 0 Å². The van der Waals surface area contributed by atoms with Crippen molar-refractivity contribution in [1.82, 2.24) is 0 Å². The predicted octanol–water partition coefficient (Wildman–Crippen LogP) is 4.40. The van der Waals surface area contributed by atoms with Crippen LogP contribution < -0.4 is 0 Å². The number of rotatable bonds is 3. The van der Waals surface area contributed by atoms with Crippen molar-refractivity contribution >= 4 is 18.5 Å². The van der Waals surface area contributed by atoms with Gasteiger partial charge in [0.1, 0.15) is 0 Å². The van der Waals surface area contributed by atoms with Crippen LogP contribution in [-0.4, -0.2) is 7.38 Å². The highest BCUT2D eigenvalue weighted by molar-refractivity contribution is 7.19. The molecule has 0 nitrogen and oxygen atoms in total. The van der Waals surface area contributed by atoms with Crippen LogP contribution >= 0.6 is 11.1 Å². The quantitative estimate of drug-likeness (QED) is 0.472. The largest absolute Gasteiger partial charge is 0.167 e. The second-order valence-electron chi connectivity index (χ2n) is 4.48. The van der Waals surface area contributed by atoms with Gasteiger partial charge in [-0.1, -0.05) is 45.6 Å². The van der Waals surface area contributed by atoms with Crippen molar-refractivity contribution < 1.29 is 0 Å². The van der Waals surface area contributed by atoms with E-state index < -0.39 is 7.38 Å². The molecule has 1 aliphatic rings. The van der Waals surface area contributed by atoms with Crippen LogP contribution in [0, 0.1) is 5.92 Å². The molecule has 1 saturated carbocycles. The Balaban J connectivity index is 2.28. The fraction of sp³-hybridized carbons (Fsp3) is 1.00. The molecular weight excluding hydrogens is 184 g/mol. The van der Waals surface area contributed by atoms with Crippen molar-refractivity contribution in [1.29, 1.82) is 0 Å². The van der Waals surface area contributed by atoms with Gasteiger partial charge in [-0.25, -0.2) is 0 Å². The highest BCUT2D eigenvalue weighted by atomic mass is 35.6. The Bertz CT molecular complexity index is 128. The summed E-state index contributed by atoms with van der Waals surface area (Å²) in [6.45, 7) is 4.57. The molecule has 1 unspecified atom stereocenters. The van der Waals surface area contributed by atoms with Gasteiger partial charge in [-0.15, -0.1) is 0 Å². The van der Waals surface area contributed by atoms with Gasteiger partial charge in [0.25, 0.3) is 0 Å². The van der Waals surface area contributed by atoms with Crippen LogP contribution in [0.1, 0.15) is 39.0 Å². The molecule has 0 aliphatic heterocycles. The molecule has 0 heterocycles. The third-order valence-electron chi connectivity index (χ3n) is 3.18. The highest BCUT2D eigenvalue weighted by Crippen LogP contribution is 2.33. The molecule has 0 aromatic heterocycles. The van der Waals surface area contributed by atoms with Gasteiger partial charge in [-0.05, 0) is 18.0 Å². The fourth-order valence-electron chi connectivity index (χ4n) is 2.14. The summed E-state index contributed by atoms with van der Waals surface area (Å²) >= 11 is 6.49. The lowest BCUT2D eigenvalue weighted by Crippen LogP contribution is -2.25. The van der Waals surface area contributed by atoms with Crippen molar-refractivity contribution in [2.24, 2.45) is 5.92 Å². The van der Waals surface area contributed by atoms with Crippen LogP contribution in [0.4, 0.5) is 0 Å². The maximum absolute atomic E-state index is 6.49. The van der Waals surface area contributed by atoms with Crippen LogP contribution in [0.5, 0.6) is 0 Å². The number of hydrogen-bond acceptors (Lipinski definition) is 0. The minimum Gasteiger partial charge on any atom is -0.167 e. The Morgan fingerprint density at radius 3 is 2.33 bits per heavy atom. The standard InChI is InChI=1S/C10H21ClSi/c1-3-12(2,11)9-10-7-5-4-6-8-10/h10H,3-9H2,1-2H3. The van der Waals surface area contributed by atoms with E-state index in [2.05, 4.69) is 13.5 Å². The first-order valence-electron chi connectivity index (χ1n) is 5.33. The summed E-state index contributed by atoms with van der Waals surface area (Å²) in [5, 5.41) is 0. The van der Waals surface area contributed by atoms with Crippen molar-refractivity contribution in [3.8, 4) is 0 Å². The minimum atomic E-state index is -1.29. The van der Waals surface area contributed by atoms with Crippen LogP contribution in [0.3, 0.4) is 0 Å². The lowest BCUT2D eigenvalue weighted by Gasteiger charge is -2.27. The first-order chi connectivity index (χ1) is 5.64. The first-order valence-corrected chi connectivity index (χ1v) is 9.25. The Morgan fingerprint density at radius 2 is 1.83 bits per heavy atom. The van der Waals surface area contributed by atoms with Gasteiger partial charge < -0.3 is 0 Å². The molecule has 2 heteroatoms. The Hall–Kier alpha value is 0.507. The van der Waals surface area contributed by atoms with E-state index >= 15 is 0 Å². The summed E-state index contributed by atoms with van der Waals surface area (Å²) < 4.78 is 0. The lowest BCUT2D eigenvalue weighted by molar-refractivity contribution is 0.382. The van der Waals surface area contributed by atoms with Crippen molar-refractivity contribution in [3.05, 3.63) is 0 Å². The monoisotopic (exact) mass is 204 g/mol. The molecule has 1 rings (SSSR count). The maximum Gasteiger partial charge on any atom is 0.153 e. The van der Waals surface area contributed by atoms with Gasteiger partial charge >= 0.3 is 0 Å². The first kappa shape index (κ1) is 10.6. The van der Waals surface area contributed by atoms with E-state index in [9.17, 15) is 0 Å². The summed E-state index contributed by atoms with van der Waals surface area (Å²) in [6.07, 6.45) is 7.28. The summed E-state index contributed by atoms with van der Waals surface area (Å²) in [5.41, 5.74) is 0. The van der Waals surface area contributed by atoms with E-state index in [1.165, 1.54) is 44.2 Å². The molecule has 0 aromatic rings. The van der Waals surface area contributed by atoms with Crippen molar-refractivity contribution in [3.63, 3.8) is 0 Å². The number of hydrogen-bond donors (Lipinski definition) is 0. The van der Waals surface area contributed by atoms with Gasteiger partial charge in [0.15, 0.2) is 7.38 Å². The molecule has 0 aromatic carbocycles. The van der Waals surface area contributed by atoms with Gasteiger partial charge in [-0.3, -0.25) is 0 Å². The third-order valence-corrected chi connectivity index (χ3v) is 7.34. The van der Waals surface area contributed by atoms with E-state index in [0.29, 0.717) is 0 Å². The zero-order valence-electron chi connectivity index (χ0n) is 8.41. The van der Waals surface area contributed by atoms with Crippen LogP contribution in [0.2, 0.25) is 18.6 Å². The Labute approximate surface area is 82.4 Å². The smallest absolute Gasteiger partial charge is 0.153 e. The zero-order chi connectivity index (χ0) is 9.03. The molecule has 1 aliphatic carbocycles. The second-order valence-corrected chi connectivity index (χ2v) is 11.2. The lowest BCUT2D eigenvalue weighted by atomic mass is 9.91. The van der Waals surface area contributed by atoms with Crippen LogP contribution in [0.15, 0.2) is 0 Å². The molecule has 72 valence electrons. The van der Waals surface area contributed by atoms with Gasteiger partial charge in [-0.2, -0.15) is 11.1 Å². The molecule has 0 radical (unpaired) electrons. The summed E-state index contributed by atoms with van der Waals surface area (Å²) in [6, 6.07) is 2.61. The topological polar surface area (TPSA) is 0 Å². The average Bonchev–Trinajstić information content (AvgIpc) is 2.06. The molecule has 0 amide bonds. The Kier molecular flexibility index (Phi) is 4.11. The molecule has 12 heavy (non-hydrogen) atoms. The van der Waals surface area contributed by atoms with Crippen molar-refractivity contribution in [2.75, 3.05) is 0 Å². The zero-order valence-corrected chi connectivity index (χ0v) is 10.2. The van der Waals surface area contributed by atoms with E-state index in [4.69, 9.17) is 11.1 Å². The third kappa shape index (κ3) is 3.49. The summed E-state index contributed by atoms with van der Waals surface area (Å²) in [5.74, 6) is 0.980. The van der Waals surface area contributed by atoms with E-state index in [1.54, 1.807) is 0 Å². The summed E-state index contributed by atoms with van der Waals surface area (Å²) in [4.78, 5) is 0. The molecule has 0 saturated heterocycles. The van der Waals surface area contributed by atoms with E-state index in [-0.39, 0.29) is 0 Å². The highest BCUT2D eigenvalue weighted by Gasteiger charge is 2.27. The normalized spacial score (nSPS) is 25.2. The minimum absolute atomic E-state index is 0.980. The van der Waals surface area contributed by atoms with Gasteiger partial charge in [0.05, 0.1) is 0 Å². The number of halogens is 1. The van der Waals surface area contributed by atoms with Crippen molar-refractivity contribution in [2.45, 2.75) is 57.7 Å². The SMILES string of the molecule is CC[Si](C)(Cl)CC1CCCCC1. The van der Waals surface area contributed by atoms with Crippen LogP contribution in [-0.2, 0) is 0 Å². The van der Waals surface area contributed by atoms with E-state index in [0.717, 1.165) is 5.92 Å². The average molecular weight is 205 g/mol. The Morgan fingerprint density at radius 1 is 1.25 bits per heavy atom. The fourth-order valence-corrected chi connectivity index (χ4v) is 4.69. The molecule has 0 N–H and O–H groups in total. The van der Waals surface area contributed by atoms with Crippen LogP contribution in [0.25, 0.3) is 0 Å². The molecule has 0 bridgehead atoms. The van der Waals surface area contributed by atoms with Gasteiger partial charge in [0, 0.05) is 0 Å². The molecule has 0 spiro atoms. The molecule has 1 atom stereocenters. The van der Waals surface area contributed by atoms with Gasteiger partial charge in [0.2, 0.25) is 0 Å². The maximum atomic E-state index is 6.49. The molecule has 1 fully saturated rings. The second kappa shape index (κ2) is 4.66. The predicted molar refractivity (Wildman–Crippen MR) is 59.3 cm³/mol.